The van der Waals surface area contributed by atoms with E-state index in [0.717, 1.165) is 6.54 Å². The van der Waals surface area contributed by atoms with Gasteiger partial charge in [-0.05, 0) is 6.42 Å². The van der Waals surface area contributed by atoms with Gasteiger partial charge < -0.3 is 20.0 Å². The zero-order valence-electron chi connectivity index (χ0n) is 21.9. The molecule has 0 saturated heterocycles. The molecule has 0 spiro atoms. The van der Waals surface area contributed by atoms with Crippen molar-refractivity contribution in [3.8, 4) is 0 Å². The molecular formula is C23H45N4O5S2+. The van der Waals surface area contributed by atoms with Crippen molar-refractivity contribution in [2.24, 2.45) is 10.8 Å². The molecule has 0 rings (SSSR count). The molecule has 0 aliphatic heterocycles. The van der Waals surface area contributed by atoms with Crippen LogP contribution in [-0.2, 0) is 19.7 Å². The average Bonchev–Trinajstić information content (AvgIpc) is 2.67. The van der Waals surface area contributed by atoms with E-state index in [0.29, 0.717) is 55.6 Å². The number of hydrogen-bond acceptors (Lipinski definition) is 5. The van der Waals surface area contributed by atoms with E-state index in [9.17, 15) is 18.0 Å². The van der Waals surface area contributed by atoms with Crippen molar-refractivity contribution in [2.45, 2.75) is 65.8 Å². The first-order valence-electron chi connectivity index (χ1n) is 11.6. The highest BCUT2D eigenvalue weighted by atomic mass is 32.2. The minimum atomic E-state index is -3.95. The molecule has 0 aromatic carbocycles. The number of nitrogens with one attached hydrogen (secondary N) is 2. The van der Waals surface area contributed by atoms with Crippen LogP contribution in [0.1, 0.15) is 60.3 Å². The summed E-state index contributed by atoms with van der Waals surface area (Å²) in [5.41, 5.74) is -2.47. The minimum Gasteiger partial charge on any atom is -0.355 e. The van der Waals surface area contributed by atoms with Crippen LogP contribution in [0.3, 0.4) is 0 Å². The number of nitrogens with zero attached hydrogens (tertiary/aromatic N) is 2. The fourth-order valence-electron chi connectivity index (χ4n) is 4.39. The Bertz CT molecular complexity index is 835. The molecule has 0 radical (unpaired) electrons. The van der Waals surface area contributed by atoms with E-state index in [2.05, 4.69) is 28.1 Å². The van der Waals surface area contributed by atoms with Crippen molar-refractivity contribution in [3.63, 3.8) is 0 Å². The van der Waals surface area contributed by atoms with E-state index in [1.807, 2.05) is 34.9 Å². The fraction of sp³-hybridized carbons (Fsp3) is 0.870. The predicted octanol–water partition coefficient (Wildman–Crippen LogP) is 2.40. The second kappa shape index (κ2) is 13.1. The Labute approximate surface area is 212 Å². The summed E-state index contributed by atoms with van der Waals surface area (Å²) in [6.07, 6.45) is 1.68. The molecule has 11 heteroatoms. The van der Waals surface area contributed by atoms with Gasteiger partial charge in [0, 0.05) is 57.4 Å². The third-order valence-electron chi connectivity index (χ3n) is 5.91. The third kappa shape index (κ3) is 12.9. The SMILES string of the molecule is [C-]#[N+]C(C)(C)CC(C)(CC(C)(C)C(=O)NCCC[N+](C)(C)CCCS(=O)(=O)O)C(=O)NCCS. The maximum absolute atomic E-state index is 13.0. The highest BCUT2D eigenvalue weighted by Gasteiger charge is 2.47. The summed E-state index contributed by atoms with van der Waals surface area (Å²) >= 11 is 4.15. The van der Waals surface area contributed by atoms with Crippen LogP contribution in [0.25, 0.3) is 4.85 Å². The number of amides is 2. The Morgan fingerprint density at radius 2 is 1.50 bits per heavy atom. The van der Waals surface area contributed by atoms with Crippen molar-refractivity contribution in [1.82, 2.24) is 10.6 Å². The largest absolute Gasteiger partial charge is 0.355 e. The molecule has 198 valence electrons. The van der Waals surface area contributed by atoms with Gasteiger partial charge in [-0.3, -0.25) is 14.1 Å². The molecule has 0 aliphatic rings. The first kappa shape index (κ1) is 32.7. The van der Waals surface area contributed by atoms with Gasteiger partial charge in [-0.1, -0.05) is 20.8 Å². The predicted molar refractivity (Wildman–Crippen MR) is 139 cm³/mol. The van der Waals surface area contributed by atoms with E-state index >= 15 is 0 Å². The Kier molecular flexibility index (Phi) is 12.6. The summed E-state index contributed by atoms with van der Waals surface area (Å²) < 4.78 is 31.2. The average molecular weight is 522 g/mol. The van der Waals surface area contributed by atoms with E-state index in [4.69, 9.17) is 11.1 Å². The van der Waals surface area contributed by atoms with Crippen molar-refractivity contribution in [3.05, 3.63) is 11.4 Å². The van der Waals surface area contributed by atoms with E-state index in [-0.39, 0.29) is 17.6 Å². The van der Waals surface area contributed by atoms with E-state index < -0.39 is 26.5 Å². The summed E-state index contributed by atoms with van der Waals surface area (Å²) in [5.74, 6) is -0.0894. The molecule has 0 aliphatic carbocycles. The molecule has 1 atom stereocenters. The molecule has 0 aromatic rings. The lowest BCUT2D eigenvalue weighted by Crippen LogP contribution is -2.49. The molecule has 0 bridgehead atoms. The maximum atomic E-state index is 13.0. The lowest BCUT2D eigenvalue weighted by atomic mass is 9.67. The molecule has 0 heterocycles. The van der Waals surface area contributed by atoms with E-state index in [1.165, 1.54) is 0 Å². The van der Waals surface area contributed by atoms with Gasteiger partial charge in [-0.25, -0.2) is 6.57 Å². The Balaban J connectivity index is 5.03. The zero-order chi connectivity index (χ0) is 26.8. The zero-order valence-corrected chi connectivity index (χ0v) is 23.6. The molecule has 0 fully saturated rings. The molecule has 0 aromatic heterocycles. The first-order chi connectivity index (χ1) is 15.3. The second-order valence-corrected chi connectivity index (χ2v) is 13.4. The Morgan fingerprint density at radius 1 is 0.971 bits per heavy atom. The number of rotatable bonds is 16. The minimum absolute atomic E-state index is 0.155. The van der Waals surface area contributed by atoms with Crippen molar-refractivity contribution in [1.29, 1.82) is 0 Å². The van der Waals surface area contributed by atoms with Crippen LogP contribution >= 0.6 is 12.6 Å². The molecule has 34 heavy (non-hydrogen) atoms. The van der Waals surface area contributed by atoms with Gasteiger partial charge in [0.25, 0.3) is 10.1 Å². The number of hydrogen-bond donors (Lipinski definition) is 4. The molecule has 1 unspecified atom stereocenters. The van der Waals surface area contributed by atoms with Gasteiger partial charge in [-0.2, -0.15) is 21.0 Å². The number of quaternary nitrogens is 1. The van der Waals surface area contributed by atoms with Crippen molar-refractivity contribution >= 4 is 34.6 Å². The quantitative estimate of drug-likeness (QED) is 0.0818. The Hall–Kier alpha value is -1.35. The molecule has 0 saturated carbocycles. The number of thiol groups is 1. The molecule has 3 N–H and O–H groups in total. The Morgan fingerprint density at radius 3 is 2.00 bits per heavy atom. The standard InChI is InChI=1S/C23H44N4O5S2/c1-21(2,17-23(5,18-22(3,4)24-6)20(29)26-12-15-33)19(28)25-11-9-13-27(7,8)14-10-16-34(30,31)32/h9-18H2,1-5,7-8H3,(H3-,25,26,28,29,30,31,32,33)/p+1. The first-order valence-corrected chi connectivity index (χ1v) is 13.9. The lowest BCUT2D eigenvalue weighted by Gasteiger charge is -2.37. The third-order valence-corrected chi connectivity index (χ3v) is 6.94. The van der Waals surface area contributed by atoms with Gasteiger partial charge in [-0.15, -0.1) is 0 Å². The summed E-state index contributed by atoms with van der Waals surface area (Å²) in [6, 6.07) is 0. The molecule has 9 nitrogen and oxygen atoms in total. The number of carbonyl (C=O) groups is 2. The molecule has 2 amide bonds. The van der Waals surface area contributed by atoms with Crippen LogP contribution in [0, 0.1) is 17.4 Å². The summed E-state index contributed by atoms with van der Waals surface area (Å²) in [5, 5.41) is 5.84. The van der Waals surface area contributed by atoms with Crippen LogP contribution in [0.4, 0.5) is 0 Å². The molecular weight excluding hydrogens is 476 g/mol. The van der Waals surface area contributed by atoms with Crippen LogP contribution < -0.4 is 10.6 Å². The monoisotopic (exact) mass is 521 g/mol. The van der Waals surface area contributed by atoms with Gasteiger partial charge in [0.15, 0.2) is 0 Å². The van der Waals surface area contributed by atoms with Gasteiger partial charge in [0.05, 0.1) is 38.4 Å². The fourth-order valence-corrected chi connectivity index (χ4v) is 5.00. The van der Waals surface area contributed by atoms with Crippen LogP contribution in [0.5, 0.6) is 0 Å². The van der Waals surface area contributed by atoms with Crippen LogP contribution in [0.15, 0.2) is 0 Å². The van der Waals surface area contributed by atoms with E-state index in [1.54, 1.807) is 13.8 Å². The van der Waals surface area contributed by atoms with Crippen LogP contribution in [0.2, 0.25) is 0 Å². The van der Waals surface area contributed by atoms with Crippen molar-refractivity contribution < 1.29 is 27.0 Å². The van der Waals surface area contributed by atoms with Gasteiger partial charge in [0.1, 0.15) is 0 Å². The van der Waals surface area contributed by atoms with Crippen LogP contribution in [-0.4, -0.2) is 86.6 Å². The summed E-state index contributed by atoms with van der Waals surface area (Å²) in [4.78, 5) is 29.7. The van der Waals surface area contributed by atoms with Gasteiger partial charge in [0.2, 0.25) is 17.4 Å². The topological polar surface area (TPSA) is 117 Å². The van der Waals surface area contributed by atoms with Crippen molar-refractivity contribution in [2.75, 3.05) is 51.8 Å². The second-order valence-electron chi connectivity index (χ2n) is 11.3. The highest BCUT2D eigenvalue weighted by Crippen LogP contribution is 2.41. The maximum Gasteiger partial charge on any atom is 0.265 e. The summed E-state index contributed by atoms with van der Waals surface area (Å²) in [7, 11) is -0.00301. The number of carbonyl (C=O) groups excluding carboxylic acids is 2. The van der Waals surface area contributed by atoms with Gasteiger partial charge >= 0.3 is 0 Å². The lowest BCUT2D eigenvalue weighted by molar-refractivity contribution is -0.890. The smallest absolute Gasteiger partial charge is 0.265 e. The highest BCUT2D eigenvalue weighted by molar-refractivity contribution is 7.85. The normalized spacial score (nSPS) is 14.7. The summed E-state index contributed by atoms with van der Waals surface area (Å²) in [6.45, 7) is 18.7.